The summed E-state index contributed by atoms with van der Waals surface area (Å²) >= 11 is 0. The van der Waals surface area contributed by atoms with Crippen molar-refractivity contribution in [2.24, 2.45) is 0 Å². The molecular formula is C16H17FN2O. The molecule has 4 heteroatoms. The van der Waals surface area contributed by atoms with Crippen molar-refractivity contribution < 1.29 is 9.18 Å². The zero-order valence-corrected chi connectivity index (χ0v) is 11.6. The Morgan fingerprint density at radius 2 is 2.10 bits per heavy atom. The van der Waals surface area contributed by atoms with Gasteiger partial charge in [-0.1, -0.05) is 17.7 Å². The monoisotopic (exact) mass is 272 g/mol. The molecule has 1 amide bonds. The van der Waals surface area contributed by atoms with Crippen molar-refractivity contribution in [1.29, 1.82) is 0 Å². The summed E-state index contributed by atoms with van der Waals surface area (Å²) in [6.07, 6.45) is 1.68. The van der Waals surface area contributed by atoms with Crippen LogP contribution in [-0.2, 0) is 6.54 Å². The highest BCUT2D eigenvalue weighted by atomic mass is 19.1. The zero-order chi connectivity index (χ0) is 14.5. The number of halogens is 1. The number of nitrogens with zero attached hydrogens (tertiary/aromatic N) is 2. The van der Waals surface area contributed by atoms with E-state index in [1.165, 1.54) is 6.07 Å². The molecule has 0 spiro atoms. The summed E-state index contributed by atoms with van der Waals surface area (Å²) in [4.78, 5) is 18.2. The van der Waals surface area contributed by atoms with Crippen molar-refractivity contribution in [3.8, 4) is 0 Å². The molecule has 0 fully saturated rings. The van der Waals surface area contributed by atoms with Gasteiger partial charge in [0.05, 0.1) is 17.8 Å². The smallest absolute Gasteiger partial charge is 0.257 e. The zero-order valence-electron chi connectivity index (χ0n) is 11.6. The Bertz CT molecular complexity index is 599. The second-order valence-electron chi connectivity index (χ2n) is 4.62. The number of hydrogen-bond donors (Lipinski definition) is 0. The number of aromatic nitrogens is 1. The SMILES string of the molecule is CCN(Cc1ccccn1)C(=O)c1cc(C)ccc1F. The largest absolute Gasteiger partial charge is 0.333 e. The first-order chi connectivity index (χ1) is 9.61. The maximum atomic E-state index is 13.8. The van der Waals surface area contributed by atoms with Gasteiger partial charge in [0.15, 0.2) is 0 Å². The van der Waals surface area contributed by atoms with Crippen molar-refractivity contribution in [3.05, 3.63) is 65.2 Å². The second kappa shape index (κ2) is 6.28. The summed E-state index contributed by atoms with van der Waals surface area (Å²) in [5.41, 5.74) is 1.77. The number of amides is 1. The fourth-order valence-corrected chi connectivity index (χ4v) is 1.99. The van der Waals surface area contributed by atoms with Crippen molar-refractivity contribution >= 4 is 5.91 Å². The van der Waals surface area contributed by atoms with Crippen LogP contribution >= 0.6 is 0 Å². The highest BCUT2D eigenvalue weighted by Gasteiger charge is 2.18. The molecule has 20 heavy (non-hydrogen) atoms. The molecule has 1 heterocycles. The van der Waals surface area contributed by atoms with Gasteiger partial charge in [0.25, 0.3) is 5.91 Å². The van der Waals surface area contributed by atoms with Gasteiger partial charge in [0.2, 0.25) is 0 Å². The molecule has 104 valence electrons. The normalized spacial score (nSPS) is 10.3. The van der Waals surface area contributed by atoms with E-state index in [1.807, 2.05) is 32.0 Å². The first-order valence-electron chi connectivity index (χ1n) is 6.57. The Morgan fingerprint density at radius 3 is 2.75 bits per heavy atom. The summed E-state index contributed by atoms with van der Waals surface area (Å²) in [5, 5.41) is 0. The standard InChI is InChI=1S/C16H17FN2O/c1-3-19(11-13-6-4-5-9-18-13)16(20)14-10-12(2)7-8-15(14)17/h4-10H,3,11H2,1-2H3. The van der Waals surface area contributed by atoms with Crippen LogP contribution < -0.4 is 0 Å². The van der Waals surface area contributed by atoms with Gasteiger partial charge in [-0.15, -0.1) is 0 Å². The molecule has 1 aromatic heterocycles. The highest BCUT2D eigenvalue weighted by molar-refractivity contribution is 5.94. The molecule has 0 atom stereocenters. The van der Waals surface area contributed by atoms with Crippen molar-refractivity contribution in [2.45, 2.75) is 20.4 Å². The lowest BCUT2D eigenvalue weighted by molar-refractivity contribution is 0.0746. The van der Waals surface area contributed by atoms with E-state index in [4.69, 9.17) is 0 Å². The molecule has 0 aliphatic carbocycles. The molecule has 2 aromatic rings. The van der Waals surface area contributed by atoms with E-state index >= 15 is 0 Å². The number of hydrogen-bond acceptors (Lipinski definition) is 2. The lowest BCUT2D eigenvalue weighted by Gasteiger charge is -2.21. The third-order valence-electron chi connectivity index (χ3n) is 3.10. The maximum absolute atomic E-state index is 13.8. The van der Waals surface area contributed by atoms with Gasteiger partial charge in [-0.2, -0.15) is 0 Å². The quantitative estimate of drug-likeness (QED) is 0.856. The Labute approximate surface area is 118 Å². The van der Waals surface area contributed by atoms with E-state index in [0.29, 0.717) is 13.1 Å². The molecule has 0 aliphatic heterocycles. The van der Waals surface area contributed by atoms with Gasteiger partial charge in [-0.25, -0.2) is 4.39 Å². The van der Waals surface area contributed by atoms with Gasteiger partial charge in [0.1, 0.15) is 5.82 Å². The minimum atomic E-state index is -0.486. The predicted octanol–water partition coefficient (Wildman–Crippen LogP) is 3.19. The number of aryl methyl sites for hydroxylation is 1. The number of carbonyl (C=O) groups is 1. The lowest BCUT2D eigenvalue weighted by Crippen LogP contribution is -2.31. The van der Waals surface area contributed by atoms with Gasteiger partial charge in [-0.05, 0) is 38.1 Å². The third kappa shape index (κ3) is 3.20. The van der Waals surface area contributed by atoms with Crippen LogP contribution in [0.1, 0.15) is 28.5 Å². The number of benzene rings is 1. The first-order valence-corrected chi connectivity index (χ1v) is 6.57. The number of carbonyl (C=O) groups excluding carboxylic acids is 1. The summed E-state index contributed by atoms with van der Waals surface area (Å²) in [5.74, 6) is -0.792. The van der Waals surface area contributed by atoms with Gasteiger partial charge < -0.3 is 4.90 Å². The molecule has 2 rings (SSSR count). The van der Waals surface area contributed by atoms with Gasteiger partial charge in [-0.3, -0.25) is 9.78 Å². The molecule has 1 aromatic carbocycles. The van der Waals surface area contributed by atoms with Crippen LogP contribution in [0.2, 0.25) is 0 Å². The minimum absolute atomic E-state index is 0.114. The van der Waals surface area contributed by atoms with E-state index in [9.17, 15) is 9.18 Å². The van der Waals surface area contributed by atoms with Crippen LogP contribution in [0.3, 0.4) is 0 Å². The first kappa shape index (κ1) is 14.2. The summed E-state index contributed by atoms with van der Waals surface area (Å²) < 4.78 is 13.8. The van der Waals surface area contributed by atoms with Crippen LogP contribution in [0.15, 0.2) is 42.6 Å². The molecule has 3 nitrogen and oxygen atoms in total. The van der Waals surface area contributed by atoms with Crippen molar-refractivity contribution in [2.75, 3.05) is 6.54 Å². The number of rotatable bonds is 4. The molecule has 0 saturated heterocycles. The minimum Gasteiger partial charge on any atom is -0.333 e. The Morgan fingerprint density at radius 1 is 1.30 bits per heavy atom. The van der Waals surface area contributed by atoms with Crippen LogP contribution in [0.25, 0.3) is 0 Å². The fraction of sp³-hybridized carbons (Fsp3) is 0.250. The molecule has 0 unspecified atom stereocenters. The Kier molecular flexibility index (Phi) is 4.45. The van der Waals surface area contributed by atoms with E-state index in [-0.39, 0.29) is 11.5 Å². The topological polar surface area (TPSA) is 33.2 Å². The van der Waals surface area contributed by atoms with Crippen LogP contribution in [0, 0.1) is 12.7 Å². The van der Waals surface area contributed by atoms with Crippen LogP contribution in [0.4, 0.5) is 4.39 Å². The van der Waals surface area contributed by atoms with E-state index in [1.54, 1.807) is 23.2 Å². The molecule has 0 radical (unpaired) electrons. The van der Waals surface area contributed by atoms with Crippen molar-refractivity contribution in [3.63, 3.8) is 0 Å². The Hall–Kier alpha value is -2.23. The van der Waals surface area contributed by atoms with E-state index in [2.05, 4.69) is 4.98 Å². The summed E-state index contributed by atoms with van der Waals surface area (Å²) in [6.45, 7) is 4.59. The number of pyridine rings is 1. The lowest BCUT2D eigenvalue weighted by atomic mass is 10.1. The van der Waals surface area contributed by atoms with Gasteiger partial charge >= 0.3 is 0 Å². The molecule has 0 aliphatic rings. The Balaban J connectivity index is 2.23. The average Bonchev–Trinajstić information content (AvgIpc) is 2.47. The molecular weight excluding hydrogens is 255 g/mol. The summed E-state index contributed by atoms with van der Waals surface area (Å²) in [6, 6.07) is 10.1. The maximum Gasteiger partial charge on any atom is 0.257 e. The summed E-state index contributed by atoms with van der Waals surface area (Å²) in [7, 11) is 0. The fourth-order valence-electron chi connectivity index (χ4n) is 1.99. The highest BCUT2D eigenvalue weighted by Crippen LogP contribution is 2.14. The second-order valence-corrected chi connectivity index (χ2v) is 4.62. The van der Waals surface area contributed by atoms with Crippen LogP contribution in [0.5, 0.6) is 0 Å². The van der Waals surface area contributed by atoms with Crippen LogP contribution in [-0.4, -0.2) is 22.3 Å². The average molecular weight is 272 g/mol. The molecule has 0 N–H and O–H groups in total. The van der Waals surface area contributed by atoms with E-state index < -0.39 is 5.82 Å². The van der Waals surface area contributed by atoms with Gasteiger partial charge in [0, 0.05) is 12.7 Å². The van der Waals surface area contributed by atoms with E-state index in [0.717, 1.165) is 11.3 Å². The molecule has 0 saturated carbocycles. The van der Waals surface area contributed by atoms with Crippen molar-refractivity contribution in [1.82, 2.24) is 9.88 Å². The predicted molar refractivity (Wildman–Crippen MR) is 75.8 cm³/mol. The molecule has 0 bridgehead atoms. The third-order valence-corrected chi connectivity index (χ3v) is 3.10.